The van der Waals surface area contributed by atoms with Gasteiger partial charge in [-0.2, -0.15) is 0 Å². The van der Waals surface area contributed by atoms with Crippen LogP contribution in [-0.2, 0) is 4.79 Å². The molecule has 4 nitrogen and oxygen atoms in total. The number of aliphatic carboxylic acids is 1. The summed E-state index contributed by atoms with van der Waals surface area (Å²) in [4.78, 5) is 22.4. The molecule has 18 heavy (non-hydrogen) atoms. The zero-order chi connectivity index (χ0) is 13.4. The highest BCUT2D eigenvalue weighted by atomic mass is 16.5. The van der Waals surface area contributed by atoms with Crippen LogP contribution in [0.4, 0.5) is 0 Å². The maximum Gasteiger partial charge on any atom is 0.341 e. The first-order valence-electron chi connectivity index (χ1n) is 5.93. The number of rotatable bonds is 3. The van der Waals surface area contributed by atoms with E-state index in [-0.39, 0.29) is 18.3 Å². The molecule has 1 unspecified atom stereocenters. The van der Waals surface area contributed by atoms with Gasteiger partial charge in [0.15, 0.2) is 12.4 Å². The van der Waals surface area contributed by atoms with Crippen molar-refractivity contribution in [2.24, 2.45) is 0 Å². The Bertz CT molecular complexity index is 531. The summed E-state index contributed by atoms with van der Waals surface area (Å²) in [5.41, 5.74) is 3.52. The molecule has 0 saturated heterocycles. The van der Waals surface area contributed by atoms with Crippen molar-refractivity contribution in [3.63, 3.8) is 0 Å². The van der Waals surface area contributed by atoms with Crippen LogP contribution in [0, 0.1) is 13.8 Å². The van der Waals surface area contributed by atoms with Crippen LogP contribution >= 0.6 is 0 Å². The number of fused-ring (bicyclic) bond motifs is 1. The van der Waals surface area contributed by atoms with E-state index in [4.69, 9.17) is 9.84 Å². The lowest BCUT2D eigenvalue weighted by molar-refractivity contribution is -0.139. The zero-order valence-electron chi connectivity index (χ0n) is 10.7. The third-order valence-electron chi connectivity index (χ3n) is 3.53. The second-order valence-corrected chi connectivity index (χ2v) is 4.80. The number of benzene rings is 1. The second-order valence-electron chi connectivity index (χ2n) is 4.80. The van der Waals surface area contributed by atoms with E-state index >= 15 is 0 Å². The molecule has 1 aromatic carbocycles. The van der Waals surface area contributed by atoms with Crippen molar-refractivity contribution >= 4 is 11.8 Å². The molecule has 0 bridgehead atoms. The van der Waals surface area contributed by atoms with Gasteiger partial charge in [0.1, 0.15) is 5.75 Å². The third-order valence-corrected chi connectivity index (χ3v) is 3.53. The van der Waals surface area contributed by atoms with Crippen LogP contribution in [0.3, 0.4) is 0 Å². The highest BCUT2D eigenvalue weighted by molar-refractivity contribution is 6.03. The molecular weight excluding hydrogens is 232 g/mol. The molecule has 0 heterocycles. The summed E-state index contributed by atoms with van der Waals surface area (Å²) < 4.78 is 5.28. The van der Waals surface area contributed by atoms with Crippen molar-refractivity contribution in [1.29, 1.82) is 0 Å². The van der Waals surface area contributed by atoms with Gasteiger partial charge in [-0.3, -0.25) is 4.79 Å². The standard InChI is InChI=1S/C14H16O4/c1-7-4-11(15)14-9(3)8(2)12(5-10(7)14)18-6-13(16)17/h5,7H,4,6H2,1-3H3,(H,16,17). The van der Waals surface area contributed by atoms with Crippen LogP contribution in [0.15, 0.2) is 6.07 Å². The Kier molecular flexibility index (Phi) is 3.11. The monoisotopic (exact) mass is 248 g/mol. The number of carboxylic acids is 1. The van der Waals surface area contributed by atoms with E-state index in [0.29, 0.717) is 12.2 Å². The summed E-state index contributed by atoms with van der Waals surface area (Å²) in [6.45, 7) is 5.38. The molecule has 2 rings (SSSR count). The average Bonchev–Trinajstić information content (AvgIpc) is 2.57. The molecule has 0 fully saturated rings. The Hall–Kier alpha value is -1.84. The van der Waals surface area contributed by atoms with E-state index in [1.54, 1.807) is 0 Å². The van der Waals surface area contributed by atoms with Gasteiger partial charge in [-0.15, -0.1) is 0 Å². The molecule has 0 aliphatic heterocycles. The van der Waals surface area contributed by atoms with Gasteiger partial charge in [0, 0.05) is 12.0 Å². The van der Waals surface area contributed by atoms with Crippen molar-refractivity contribution in [3.8, 4) is 5.75 Å². The van der Waals surface area contributed by atoms with E-state index in [0.717, 1.165) is 22.3 Å². The molecule has 1 N–H and O–H groups in total. The van der Waals surface area contributed by atoms with Crippen molar-refractivity contribution in [3.05, 3.63) is 28.3 Å². The van der Waals surface area contributed by atoms with Crippen LogP contribution in [0.25, 0.3) is 0 Å². The second kappa shape index (κ2) is 4.44. The first kappa shape index (κ1) is 12.6. The van der Waals surface area contributed by atoms with Gasteiger partial charge < -0.3 is 9.84 Å². The number of hydrogen-bond acceptors (Lipinski definition) is 3. The molecular formula is C14H16O4. The van der Waals surface area contributed by atoms with Crippen LogP contribution < -0.4 is 4.74 Å². The number of Topliss-reactive ketones (excluding diaryl/α,β-unsaturated/α-hetero) is 1. The first-order valence-corrected chi connectivity index (χ1v) is 5.93. The number of hydrogen-bond donors (Lipinski definition) is 1. The molecule has 0 amide bonds. The van der Waals surface area contributed by atoms with Gasteiger partial charge in [-0.05, 0) is 42.5 Å². The van der Waals surface area contributed by atoms with E-state index in [1.165, 1.54) is 0 Å². The molecule has 0 spiro atoms. The number of ketones is 1. The Morgan fingerprint density at radius 2 is 2.11 bits per heavy atom. The summed E-state index contributed by atoms with van der Waals surface area (Å²) in [7, 11) is 0. The lowest BCUT2D eigenvalue weighted by atomic mass is 9.96. The van der Waals surface area contributed by atoms with Gasteiger partial charge in [0.25, 0.3) is 0 Å². The molecule has 0 saturated carbocycles. The Morgan fingerprint density at radius 1 is 1.44 bits per heavy atom. The molecule has 0 radical (unpaired) electrons. The van der Waals surface area contributed by atoms with Gasteiger partial charge in [-0.25, -0.2) is 4.79 Å². The molecule has 1 aliphatic carbocycles. The predicted octanol–water partition coefficient (Wildman–Crippen LogP) is 2.46. The summed E-state index contributed by atoms with van der Waals surface area (Å²) in [5.74, 6) is -0.0891. The van der Waals surface area contributed by atoms with Gasteiger partial charge >= 0.3 is 5.97 Å². The minimum atomic E-state index is -1.00. The van der Waals surface area contributed by atoms with Crippen molar-refractivity contribution in [1.82, 2.24) is 0 Å². The van der Waals surface area contributed by atoms with Gasteiger partial charge in [-0.1, -0.05) is 6.92 Å². The normalized spacial score (nSPS) is 17.7. The van der Waals surface area contributed by atoms with Crippen molar-refractivity contribution in [2.75, 3.05) is 6.61 Å². The summed E-state index contributed by atoms with van der Waals surface area (Å²) in [6.07, 6.45) is 0.526. The summed E-state index contributed by atoms with van der Waals surface area (Å²) in [5, 5.41) is 8.64. The number of carboxylic acid groups (broad SMARTS) is 1. The summed E-state index contributed by atoms with van der Waals surface area (Å²) >= 11 is 0. The fraction of sp³-hybridized carbons (Fsp3) is 0.429. The van der Waals surface area contributed by atoms with Crippen LogP contribution in [0.5, 0.6) is 5.75 Å². The van der Waals surface area contributed by atoms with Crippen LogP contribution in [0.2, 0.25) is 0 Å². The number of carbonyl (C=O) groups excluding carboxylic acids is 1. The van der Waals surface area contributed by atoms with Crippen molar-refractivity contribution < 1.29 is 19.4 Å². The van der Waals surface area contributed by atoms with Crippen LogP contribution in [0.1, 0.15) is 46.3 Å². The molecule has 0 aromatic heterocycles. The number of carbonyl (C=O) groups is 2. The highest BCUT2D eigenvalue weighted by Gasteiger charge is 2.29. The molecule has 4 heteroatoms. The largest absolute Gasteiger partial charge is 0.482 e. The topological polar surface area (TPSA) is 63.6 Å². The Morgan fingerprint density at radius 3 is 2.72 bits per heavy atom. The fourth-order valence-electron chi connectivity index (χ4n) is 2.45. The summed E-state index contributed by atoms with van der Waals surface area (Å²) in [6, 6.07) is 1.82. The van der Waals surface area contributed by atoms with Gasteiger partial charge in [0.2, 0.25) is 0 Å². The molecule has 96 valence electrons. The van der Waals surface area contributed by atoms with E-state index in [2.05, 4.69) is 0 Å². The minimum absolute atomic E-state index is 0.169. The molecule has 1 aliphatic rings. The minimum Gasteiger partial charge on any atom is -0.482 e. The van der Waals surface area contributed by atoms with E-state index in [9.17, 15) is 9.59 Å². The van der Waals surface area contributed by atoms with E-state index in [1.807, 2.05) is 26.8 Å². The smallest absolute Gasteiger partial charge is 0.341 e. The lowest BCUT2D eigenvalue weighted by Gasteiger charge is -2.14. The average molecular weight is 248 g/mol. The number of ether oxygens (including phenoxy) is 1. The Labute approximate surface area is 106 Å². The predicted molar refractivity (Wildman–Crippen MR) is 66.4 cm³/mol. The van der Waals surface area contributed by atoms with Crippen LogP contribution in [-0.4, -0.2) is 23.5 Å². The Balaban J connectivity index is 2.46. The van der Waals surface area contributed by atoms with Gasteiger partial charge in [0.05, 0.1) is 0 Å². The quantitative estimate of drug-likeness (QED) is 0.892. The zero-order valence-corrected chi connectivity index (χ0v) is 10.7. The lowest BCUT2D eigenvalue weighted by Crippen LogP contribution is -2.11. The third kappa shape index (κ3) is 1.98. The fourth-order valence-corrected chi connectivity index (χ4v) is 2.45. The highest BCUT2D eigenvalue weighted by Crippen LogP contribution is 2.39. The maximum absolute atomic E-state index is 11.9. The van der Waals surface area contributed by atoms with E-state index < -0.39 is 5.97 Å². The van der Waals surface area contributed by atoms with Crippen molar-refractivity contribution in [2.45, 2.75) is 33.1 Å². The molecule has 1 aromatic rings. The first-order chi connectivity index (χ1) is 8.41. The maximum atomic E-state index is 11.9. The molecule has 1 atom stereocenters. The SMILES string of the molecule is Cc1c(OCC(=O)O)cc2c(c1C)C(=O)CC2C.